The molecule has 1 fully saturated rings. The molecule has 0 aliphatic carbocycles. The number of benzene rings is 1. The van der Waals surface area contributed by atoms with E-state index in [0.29, 0.717) is 6.04 Å². The summed E-state index contributed by atoms with van der Waals surface area (Å²) in [6.45, 7) is 9.61. The highest BCUT2D eigenvalue weighted by atomic mass is 19.1. The van der Waals surface area contributed by atoms with Crippen LogP contribution >= 0.6 is 0 Å². The zero-order valence-corrected chi connectivity index (χ0v) is 13.3. The molecule has 0 spiro atoms. The highest BCUT2D eigenvalue weighted by molar-refractivity contribution is 5.58. The largest absolute Gasteiger partial charge is 0.369 e. The van der Waals surface area contributed by atoms with Crippen LogP contribution in [0.3, 0.4) is 0 Å². The van der Waals surface area contributed by atoms with Gasteiger partial charge in [0.05, 0.1) is 0 Å². The summed E-state index contributed by atoms with van der Waals surface area (Å²) in [5.41, 5.74) is 3.00. The molecule has 1 saturated heterocycles. The molecule has 0 saturated carbocycles. The van der Waals surface area contributed by atoms with Crippen LogP contribution in [0, 0.1) is 18.7 Å². The third-order valence-electron chi connectivity index (χ3n) is 4.66. The quantitative estimate of drug-likeness (QED) is 0.897. The van der Waals surface area contributed by atoms with Gasteiger partial charge in [-0.2, -0.15) is 0 Å². The highest BCUT2D eigenvalue weighted by Crippen LogP contribution is 2.34. The van der Waals surface area contributed by atoms with E-state index in [4.69, 9.17) is 0 Å². The first kappa shape index (κ1) is 15.3. The molecule has 2 rings (SSSR count). The van der Waals surface area contributed by atoms with Gasteiger partial charge < -0.3 is 10.2 Å². The Morgan fingerprint density at radius 3 is 2.65 bits per heavy atom. The lowest BCUT2D eigenvalue weighted by Gasteiger charge is -2.40. The Hall–Kier alpha value is -1.09. The summed E-state index contributed by atoms with van der Waals surface area (Å²) >= 11 is 0. The van der Waals surface area contributed by atoms with Gasteiger partial charge in [0.1, 0.15) is 5.82 Å². The first-order valence-corrected chi connectivity index (χ1v) is 7.68. The molecule has 3 unspecified atom stereocenters. The first-order valence-electron chi connectivity index (χ1n) is 7.68. The SMILES string of the molecule is CNC(C)c1cc(F)c(C)cc1N1CCC(C)CC1C. The van der Waals surface area contributed by atoms with Gasteiger partial charge in [-0.15, -0.1) is 0 Å². The standard InChI is InChI=1S/C17H27FN2/c1-11-6-7-20(13(3)8-11)17-9-12(2)16(18)10-15(17)14(4)19-5/h9-11,13-14,19H,6-8H2,1-5H3. The van der Waals surface area contributed by atoms with Crippen LogP contribution in [0.4, 0.5) is 10.1 Å². The molecule has 1 aromatic rings. The van der Waals surface area contributed by atoms with Crippen LogP contribution in [0.25, 0.3) is 0 Å². The maximum Gasteiger partial charge on any atom is 0.126 e. The van der Waals surface area contributed by atoms with Crippen molar-refractivity contribution in [3.8, 4) is 0 Å². The predicted octanol–water partition coefficient (Wildman–Crippen LogP) is 4.04. The van der Waals surface area contributed by atoms with E-state index >= 15 is 0 Å². The van der Waals surface area contributed by atoms with E-state index in [9.17, 15) is 4.39 Å². The first-order chi connectivity index (χ1) is 9.43. The molecule has 3 heteroatoms. The molecule has 2 nitrogen and oxygen atoms in total. The average molecular weight is 278 g/mol. The van der Waals surface area contributed by atoms with E-state index in [1.165, 1.54) is 18.5 Å². The van der Waals surface area contributed by atoms with Crippen LogP contribution < -0.4 is 10.2 Å². The molecule has 1 aromatic carbocycles. The van der Waals surface area contributed by atoms with Crippen molar-refractivity contribution in [3.63, 3.8) is 0 Å². The summed E-state index contributed by atoms with van der Waals surface area (Å²) < 4.78 is 13.9. The normalized spacial score (nSPS) is 24.8. The van der Waals surface area contributed by atoms with E-state index < -0.39 is 0 Å². The minimum atomic E-state index is -0.108. The third-order valence-corrected chi connectivity index (χ3v) is 4.66. The van der Waals surface area contributed by atoms with Crippen molar-refractivity contribution in [1.29, 1.82) is 0 Å². The second kappa shape index (κ2) is 6.13. The lowest BCUT2D eigenvalue weighted by atomic mass is 9.91. The Kier molecular flexibility index (Phi) is 4.69. The minimum Gasteiger partial charge on any atom is -0.369 e. The van der Waals surface area contributed by atoms with Gasteiger partial charge in [-0.1, -0.05) is 6.92 Å². The summed E-state index contributed by atoms with van der Waals surface area (Å²) in [7, 11) is 1.92. The molecule has 1 aliphatic rings. The molecule has 1 heterocycles. The number of aryl methyl sites for hydroxylation is 1. The molecule has 0 amide bonds. The van der Waals surface area contributed by atoms with Crippen LogP contribution in [0.15, 0.2) is 12.1 Å². The van der Waals surface area contributed by atoms with E-state index in [1.54, 1.807) is 6.07 Å². The van der Waals surface area contributed by atoms with Gasteiger partial charge in [-0.05, 0) is 69.8 Å². The van der Waals surface area contributed by atoms with Crippen molar-refractivity contribution in [2.24, 2.45) is 5.92 Å². The number of nitrogens with one attached hydrogen (secondary N) is 1. The topological polar surface area (TPSA) is 15.3 Å². The van der Waals surface area contributed by atoms with Crippen molar-refractivity contribution in [2.75, 3.05) is 18.5 Å². The summed E-state index contributed by atoms with van der Waals surface area (Å²) in [6.07, 6.45) is 2.43. The van der Waals surface area contributed by atoms with Crippen molar-refractivity contribution in [2.45, 2.75) is 52.6 Å². The van der Waals surface area contributed by atoms with E-state index in [-0.39, 0.29) is 11.9 Å². The molecule has 1 aliphatic heterocycles. The fourth-order valence-corrected chi connectivity index (χ4v) is 3.20. The van der Waals surface area contributed by atoms with Crippen LogP contribution in [0.5, 0.6) is 0 Å². The summed E-state index contributed by atoms with van der Waals surface area (Å²) in [6, 6.07) is 4.40. The van der Waals surface area contributed by atoms with Gasteiger partial charge in [0.25, 0.3) is 0 Å². The Morgan fingerprint density at radius 1 is 1.35 bits per heavy atom. The average Bonchev–Trinajstić information content (AvgIpc) is 2.41. The van der Waals surface area contributed by atoms with Gasteiger partial charge in [0.2, 0.25) is 0 Å². The lowest BCUT2D eigenvalue weighted by Crippen LogP contribution is -2.41. The van der Waals surface area contributed by atoms with Crippen molar-refractivity contribution < 1.29 is 4.39 Å². The molecule has 112 valence electrons. The fraction of sp³-hybridized carbons (Fsp3) is 0.647. The van der Waals surface area contributed by atoms with Crippen molar-refractivity contribution >= 4 is 5.69 Å². The van der Waals surface area contributed by atoms with Crippen LogP contribution in [-0.4, -0.2) is 19.6 Å². The zero-order valence-electron chi connectivity index (χ0n) is 13.3. The van der Waals surface area contributed by atoms with Crippen molar-refractivity contribution in [3.05, 3.63) is 29.1 Å². The summed E-state index contributed by atoms with van der Waals surface area (Å²) in [5, 5.41) is 3.24. The second-order valence-electron chi connectivity index (χ2n) is 6.34. The Bertz CT molecular complexity index is 472. The Morgan fingerprint density at radius 2 is 2.05 bits per heavy atom. The van der Waals surface area contributed by atoms with Gasteiger partial charge in [-0.25, -0.2) is 4.39 Å². The number of halogens is 1. The number of anilines is 1. The van der Waals surface area contributed by atoms with Gasteiger partial charge in [-0.3, -0.25) is 0 Å². The summed E-state index contributed by atoms with van der Waals surface area (Å²) in [5.74, 6) is 0.678. The highest BCUT2D eigenvalue weighted by Gasteiger charge is 2.26. The maximum absolute atomic E-state index is 13.9. The Labute approximate surface area is 122 Å². The number of hydrogen-bond acceptors (Lipinski definition) is 2. The molecule has 20 heavy (non-hydrogen) atoms. The fourth-order valence-electron chi connectivity index (χ4n) is 3.20. The number of nitrogens with zero attached hydrogens (tertiary/aromatic N) is 1. The van der Waals surface area contributed by atoms with E-state index in [1.807, 2.05) is 20.0 Å². The van der Waals surface area contributed by atoms with Crippen LogP contribution in [0.1, 0.15) is 50.8 Å². The number of hydrogen-bond donors (Lipinski definition) is 1. The van der Waals surface area contributed by atoms with Crippen molar-refractivity contribution in [1.82, 2.24) is 5.32 Å². The molecule has 0 radical (unpaired) electrons. The molecule has 3 atom stereocenters. The Balaban J connectivity index is 2.41. The molecule has 0 aromatic heterocycles. The lowest BCUT2D eigenvalue weighted by molar-refractivity contribution is 0.376. The van der Waals surface area contributed by atoms with E-state index in [0.717, 1.165) is 23.6 Å². The predicted molar refractivity (Wildman–Crippen MR) is 83.8 cm³/mol. The monoisotopic (exact) mass is 278 g/mol. The van der Waals surface area contributed by atoms with Gasteiger partial charge in [0.15, 0.2) is 0 Å². The number of rotatable bonds is 3. The summed E-state index contributed by atoms with van der Waals surface area (Å²) in [4.78, 5) is 2.45. The molecular weight excluding hydrogens is 251 g/mol. The maximum atomic E-state index is 13.9. The van der Waals surface area contributed by atoms with E-state index in [2.05, 4.69) is 31.0 Å². The van der Waals surface area contributed by atoms with Crippen LogP contribution in [0.2, 0.25) is 0 Å². The zero-order chi connectivity index (χ0) is 14.9. The molecular formula is C17H27FN2. The van der Waals surface area contributed by atoms with Gasteiger partial charge in [0, 0.05) is 24.3 Å². The smallest absolute Gasteiger partial charge is 0.126 e. The third kappa shape index (κ3) is 2.98. The number of piperidine rings is 1. The molecule has 1 N–H and O–H groups in total. The molecule has 0 bridgehead atoms. The van der Waals surface area contributed by atoms with Gasteiger partial charge >= 0.3 is 0 Å². The van der Waals surface area contributed by atoms with Crippen LogP contribution in [-0.2, 0) is 0 Å². The second-order valence-corrected chi connectivity index (χ2v) is 6.34. The minimum absolute atomic E-state index is 0.108.